The number of hydrogen-bond donors (Lipinski definition) is 2. The first-order chi connectivity index (χ1) is 11.2. The molecule has 0 bridgehead atoms. The lowest BCUT2D eigenvalue weighted by Crippen LogP contribution is -2.56. The van der Waals surface area contributed by atoms with Gasteiger partial charge < -0.3 is 20.4 Å². The highest BCUT2D eigenvalue weighted by atomic mass is 35.5. The fourth-order valence-corrected chi connectivity index (χ4v) is 2.75. The van der Waals surface area contributed by atoms with E-state index in [9.17, 15) is 4.79 Å². The lowest BCUT2D eigenvalue weighted by Gasteiger charge is -2.31. The van der Waals surface area contributed by atoms with E-state index in [-0.39, 0.29) is 30.7 Å². The predicted octanol–water partition coefficient (Wildman–Crippen LogP) is 1.90. The van der Waals surface area contributed by atoms with Crippen LogP contribution in [0.2, 0.25) is 0 Å². The molecule has 1 amide bonds. The zero-order valence-corrected chi connectivity index (χ0v) is 15.5. The van der Waals surface area contributed by atoms with Crippen molar-refractivity contribution in [2.45, 2.75) is 31.5 Å². The molecule has 0 atom stereocenters. The number of nitrogens with zero attached hydrogens (tertiary/aromatic N) is 2. The number of amides is 1. The first-order valence-corrected chi connectivity index (χ1v) is 7.84. The second-order valence-corrected chi connectivity index (χ2v) is 6.01. The summed E-state index contributed by atoms with van der Waals surface area (Å²) < 4.78 is 7.28. The van der Waals surface area contributed by atoms with Gasteiger partial charge in [-0.2, -0.15) is 0 Å². The molecular weight excluding hydrogens is 363 g/mol. The highest BCUT2D eigenvalue weighted by molar-refractivity contribution is 5.86. The highest BCUT2D eigenvalue weighted by Gasteiger charge is 2.35. The summed E-state index contributed by atoms with van der Waals surface area (Å²) in [7, 11) is 0. The summed E-state index contributed by atoms with van der Waals surface area (Å²) in [5.74, 6) is -0.0965. The summed E-state index contributed by atoms with van der Waals surface area (Å²) in [4.78, 5) is 16.4. The topological polar surface area (TPSA) is 82.2 Å². The van der Waals surface area contributed by atoms with Crippen LogP contribution >= 0.6 is 24.8 Å². The van der Waals surface area contributed by atoms with Gasteiger partial charge in [-0.25, -0.2) is 4.98 Å². The molecule has 8 heteroatoms. The molecule has 0 aliphatic carbocycles. The van der Waals surface area contributed by atoms with E-state index < -0.39 is 5.54 Å². The van der Waals surface area contributed by atoms with Crippen LogP contribution in [0.15, 0.2) is 43.0 Å². The number of nitrogens with two attached hydrogens (primary N) is 1. The van der Waals surface area contributed by atoms with Crippen LogP contribution in [0, 0.1) is 0 Å². The first-order valence-electron chi connectivity index (χ1n) is 7.84. The number of aromatic nitrogens is 2. The van der Waals surface area contributed by atoms with Crippen LogP contribution in [0.1, 0.15) is 24.0 Å². The van der Waals surface area contributed by atoms with Crippen LogP contribution in [0.3, 0.4) is 0 Å². The minimum absolute atomic E-state index is 0. The number of nitrogens with one attached hydrogen (secondary N) is 1. The minimum Gasteiger partial charge on any atom is -0.381 e. The van der Waals surface area contributed by atoms with Gasteiger partial charge in [0.15, 0.2) is 0 Å². The number of hydrogen-bond acceptors (Lipinski definition) is 4. The SMILES string of the molecule is Cl.Cl.NC1(C(=O)NCc2cccc(Cn3ccnc3)c2)CCOCC1. The van der Waals surface area contributed by atoms with Crippen molar-refractivity contribution in [2.75, 3.05) is 13.2 Å². The molecule has 3 N–H and O–H groups in total. The van der Waals surface area contributed by atoms with Gasteiger partial charge in [0, 0.05) is 38.7 Å². The van der Waals surface area contributed by atoms with Crippen molar-refractivity contribution in [3.8, 4) is 0 Å². The molecule has 1 saturated heterocycles. The zero-order valence-electron chi connectivity index (χ0n) is 13.9. The summed E-state index contributed by atoms with van der Waals surface area (Å²) in [6, 6.07) is 8.16. The number of halogens is 2. The smallest absolute Gasteiger partial charge is 0.240 e. The first kappa shape index (κ1) is 21.4. The number of rotatable bonds is 5. The fourth-order valence-electron chi connectivity index (χ4n) is 2.75. The van der Waals surface area contributed by atoms with Crippen LogP contribution in [0.5, 0.6) is 0 Å². The van der Waals surface area contributed by atoms with Gasteiger partial charge in [0.1, 0.15) is 0 Å². The molecule has 0 unspecified atom stereocenters. The third-order valence-corrected chi connectivity index (χ3v) is 4.21. The Labute approximate surface area is 160 Å². The van der Waals surface area contributed by atoms with Gasteiger partial charge in [0.05, 0.1) is 11.9 Å². The molecule has 0 radical (unpaired) electrons. The third-order valence-electron chi connectivity index (χ3n) is 4.21. The monoisotopic (exact) mass is 386 g/mol. The summed E-state index contributed by atoms with van der Waals surface area (Å²) in [5.41, 5.74) is 7.62. The Morgan fingerprint density at radius 1 is 1.28 bits per heavy atom. The van der Waals surface area contributed by atoms with Crippen LogP contribution < -0.4 is 11.1 Å². The van der Waals surface area contributed by atoms with Crippen LogP contribution in [-0.4, -0.2) is 34.2 Å². The van der Waals surface area contributed by atoms with Gasteiger partial charge in [0.25, 0.3) is 0 Å². The molecule has 2 aromatic rings. The van der Waals surface area contributed by atoms with E-state index in [1.54, 1.807) is 12.5 Å². The molecule has 0 saturated carbocycles. The molecule has 1 aliphatic rings. The number of carbonyl (C=O) groups is 1. The quantitative estimate of drug-likeness (QED) is 0.821. The normalized spacial score (nSPS) is 15.6. The molecular formula is C17H24Cl2N4O2. The molecule has 1 fully saturated rings. The molecule has 1 aromatic heterocycles. The molecule has 1 aliphatic heterocycles. The van der Waals surface area contributed by atoms with E-state index in [1.807, 2.05) is 22.9 Å². The second-order valence-electron chi connectivity index (χ2n) is 6.01. The number of carbonyl (C=O) groups excluding carboxylic acids is 1. The molecule has 0 spiro atoms. The third kappa shape index (κ3) is 5.71. The highest BCUT2D eigenvalue weighted by Crippen LogP contribution is 2.18. The van der Waals surface area contributed by atoms with E-state index in [4.69, 9.17) is 10.5 Å². The molecule has 1 aromatic carbocycles. The van der Waals surface area contributed by atoms with E-state index in [0.717, 1.165) is 12.1 Å². The van der Waals surface area contributed by atoms with Crippen molar-refractivity contribution in [3.05, 3.63) is 54.1 Å². The van der Waals surface area contributed by atoms with E-state index >= 15 is 0 Å². The zero-order chi connectivity index (χ0) is 16.1. The van der Waals surface area contributed by atoms with Gasteiger partial charge in [-0.3, -0.25) is 4.79 Å². The van der Waals surface area contributed by atoms with Crippen molar-refractivity contribution in [2.24, 2.45) is 5.73 Å². The summed E-state index contributed by atoms with van der Waals surface area (Å²) in [6.45, 7) is 2.34. The average Bonchev–Trinajstić information content (AvgIpc) is 3.06. The maximum Gasteiger partial charge on any atom is 0.240 e. The van der Waals surface area contributed by atoms with Crippen molar-refractivity contribution >= 4 is 30.7 Å². The summed E-state index contributed by atoms with van der Waals surface area (Å²) in [6.07, 6.45) is 6.62. The number of benzene rings is 1. The van der Waals surface area contributed by atoms with Crippen molar-refractivity contribution in [3.63, 3.8) is 0 Å². The van der Waals surface area contributed by atoms with Crippen LogP contribution in [0.4, 0.5) is 0 Å². The van der Waals surface area contributed by atoms with Gasteiger partial charge in [0.2, 0.25) is 5.91 Å². The molecule has 2 heterocycles. The Morgan fingerprint density at radius 3 is 2.68 bits per heavy atom. The fraction of sp³-hybridized carbons (Fsp3) is 0.412. The molecule has 138 valence electrons. The maximum atomic E-state index is 12.3. The predicted molar refractivity (Wildman–Crippen MR) is 101 cm³/mol. The average molecular weight is 387 g/mol. The van der Waals surface area contributed by atoms with Crippen molar-refractivity contribution in [1.82, 2.24) is 14.9 Å². The van der Waals surface area contributed by atoms with Gasteiger partial charge in [-0.05, 0) is 24.0 Å². The van der Waals surface area contributed by atoms with Crippen LogP contribution in [0.25, 0.3) is 0 Å². The summed E-state index contributed by atoms with van der Waals surface area (Å²) in [5, 5.41) is 2.96. The minimum atomic E-state index is -0.799. The molecule has 6 nitrogen and oxygen atoms in total. The lowest BCUT2D eigenvalue weighted by atomic mass is 9.90. The van der Waals surface area contributed by atoms with E-state index in [1.165, 1.54) is 5.56 Å². The van der Waals surface area contributed by atoms with E-state index in [2.05, 4.69) is 22.4 Å². The van der Waals surface area contributed by atoms with Gasteiger partial charge in [-0.1, -0.05) is 24.3 Å². The Hall–Kier alpha value is -1.60. The number of imidazole rings is 1. The lowest BCUT2D eigenvalue weighted by molar-refractivity contribution is -0.129. The largest absolute Gasteiger partial charge is 0.381 e. The second kappa shape index (κ2) is 9.77. The molecule has 25 heavy (non-hydrogen) atoms. The molecule has 3 rings (SSSR count). The van der Waals surface area contributed by atoms with Gasteiger partial charge >= 0.3 is 0 Å². The standard InChI is InChI=1S/C17H22N4O2.2ClH/c18-17(4-8-23-9-5-17)16(22)20-11-14-2-1-3-15(10-14)12-21-7-6-19-13-21;;/h1-3,6-7,10,13H,4-5,8-9,11-12,18H2,(H,20,22);2*1H. The summed E-state index contributed by atoms with van der Waals surface area (Å²) >= 11 is 0. The maximum absolute atomic E-state index is 12.3. The van der Waals surface area contributed by atoms with Crippen molar-refractivity contribution in [1.29, 1.82) is 0 Å². The van der Waals surface area contributed by atoms with Gasteiger partial charge in [-0.15, -0.1) is 24.8 Å². The Morgan fingerprint density at radius 2 is 2.00 bits per heavy atom. The Balaban J connectivity index is 0.00000156. The van der Waals surface area contributed by atoms with Crippen LogP contribution in [-0.2, 0) is 22.6 Å². The Bertz CT molecular complexity index is 658. The van der Waals surface area contributed by atoms with E-state index in [0.29, 0.717) is 32.6 Å². The van der Waals surface area contributed by atoms with Crippen molar-refractivity contribution < 1.29 is 9.53 Å². The Kier molecular flexibility index (Phi) is 8.38. The number of ether oxygens (including phenoxy) is 1.